The quantitative estimate of drug-likeness (QED) is 0.516. The standard InChI is InChI=1S/C24H24N4O2/c1-16(2)17-8-10-18(11-9-17)23(28-22-7-5-4-6-21(22)26-27-28)25-24(29)19-12-14-20(30-3)15-13-19/h4-16,23H,1-3H3,(H,25,29). The number of carbonyl (C=O) groups excluding carboxylic acids is 1. The van der Waals surface area contributed by atoms with E-state index in [4.69, 9.17) is 4.74 Å². The third-order valence-electron chi connectivity index (χ3n) is 5.16. The number of fused-ring (bicyclic) bond motifs is 1. The molecule has 152 valence electrons. The van der Waals surface area contributed by atoms with E-state index in [-0.39, 0.29) is 5.91 Å². The maximum absolute atomic E-state index is 13.0. The Balaban J connectivity index is 1.72. The minimum Gasteiger partial charge on any atom is -0.497 e. The maximum atomic E-state index is 13.0. The zero-order valence-corrected chi connectivity index (χ0v) is 17.2. The van der Waals surface area contributed by atoms with Crippen LogP contribution in [0, 0.1) is 0 Å². The molecule has 4 rings (SSSR count). The molecule has 1 aromatic heterocycles. The number of hydrogen-bond donors (Lipinski definition) is 1. The largest absolute Gasteiger partial charge is 0.497 e. The van der Waals surface area contributed by atoms with Crippen molar-refractivity contribution in [3.05, 3.63) is 89.5 Å². The fourth-order valence-electron chi connectivity index (χ4n) is 3.38. The Morgan fingerprint density at radius 3 is 2.27 bits per heavy atom. The van der Waals surface area contributed by atoms with Gasteiger partial charge in [-0.05, 0) is 53.4 Å². The van der Waals surface area contributed by atoms with Crippen LogP contribution in [-0.4, -0.2) is 28.0 Å². The third kappa shape index (κ3) is 3.89. The van der Waals surface area contributed by atoms with Crippen LogP contribution >= 0.6 is 0 Å². The van der Waals surface area contributed by atoms with E-state index in [9.17, 15) is 4.79 Å². The van der Waals surface area contributed by atoms with E-state index in [2.05, 4.69) is 41.6 Å². The molecule has 0 aliphatic carbocycles. The number of nitrogens with zero attached hydrogens (tertiary/aromatic N) is 3. The molecule has 0 radical (unpaired) electrons. The molecule has 0 spiro atoms. The zero-order chi connectivity index (χ0) is 21.1. The van der Waals surface area contributed by atoms with Gasteiger partial charge in [0, 0.05) is 5.56 Å². The molecule has 4 aromatic rings. The van der Waals surface area contributed by atoms with Crippen LogP contribution in [0.1, 0.15) is 47.4 Å². The van der Waals surface area contributed by atoms with Gasteiger partial charge in [0.2, 0.25) is 0 Å². The van der Waals surface area contributed by atoms with Crippen LogP contribution < -0.4 is 10.1 Å². The number of para-hydroxylation sites is 1. The summed E-state index contributed by atoms with van der Waals surface area (Å²) in [5.74, 6) is 0.934. The molecule has 6 heteroatoms. The van der Waals surface area contributed by atoms with E-state index in [1.54, 1.807) is 36.1 Å². The molecule has 3 aromatic carbocycles. The lowest BCUT2D eigenvalue weighted by molar-refractivity contribution is 0.0927. The Hall–Kier alpha value is -3.67. The van der Waals surface area contributed by atoms with Crippen molar-refractivity contribution in [2.45, 2.75) is 25.9 Å². The summed E-state index contributed by atoms with van der Waals surface area (Å²) in [7, 11) is 1.60. The molecule has 1 atom stereocenters. The summed E-state index contributed by atoms with van der Waals surface area (Å²) in [5, 5.41) is 11.7. The summed E-state index contributed by atoms with van der Waals surface area (Å²) in [6.07, 6.45) is -0.492. The average Bonchev–Trinajstić information content (AvgIpc) is 3.21. The van der Waals surface area contributed by atoms with Crippen LogP contribution in [0.25, 0.3) is 11.0 Å². The van der Waals surface area contributed by atoms with Crippen molar-refractivity contribution >= 4 is 16.9 Å². The van der Waals surface area contributed by atoms with E-state index in [1.165, 1.54) is 5.56 Å². The topological polar surface area (TPSA) is 69.0 Å². The Morgan fingerprint density at radius 1 is 0.933 bits per heavy atom. The highest BCUT2D eigenvalue weighted by molar-refractivity contribution is 5.94. The molecule has 0 aliphatic heterocycles. The SMILES string of the molecule is COc1ccc(C(=O)NC(c2ccc(C(C)C)cc2)n2nnc3ccccc32)cc1. The van der Waals surface area contributed by atoms with Gasteiger partial charge >= 0.3 is 0 Å². The van der Waals surface area contributed by atoms with Crippen LogP contribution in [0.3, 0.4) is 0 Å². The van der Waals surface area contributed by atoms with Crippen molar-refractivity contribution in [3.63, 3.8) is 0 Å². The van der Waals surface area contributed by atoms with Crippen molar-refractivity contribution in [1.29, 1.82) is 0 Å². The van der Waals surface area contributed by atoms with Crippen molar-refractivity contribution in [2.75, 3.05) is 7.11 Å². The number of hydrogen-bond acceptors (Lipinski definition) is 4. The van der Waals surface area contributed by atoms with Crippen LogP contribution in [-0.2, 0) is 0 Å². The zero-order valence-electron chi connectivity index (χ0n) is 17.2. The second-order valence-electron chi connectivity index (χ2n) is 7.45. The third-order valence-corrected chi connectivity index (χ3v) is 5.16. The van der Waals surface area contributed by atoms with Gasteiger partial charge in [-0.15, -0.1) is 5.10 Å². The van der Waals surface area contributed by atoms with Crippen molar-refractivity contribution in [3.8, 4) is 5.75 Å². The second kappa shape index (κ2) is 8.37. The van der Waals surface area contributed by atoms with Gasteiger partial charge in [-0.3, -0.25) is 4.79 Å². The van der Waals surface area contributed by atoms with Gasteiger partial charge < -0.3 is 10.1 Å². The Morgan fingerprint density at radius 2 is 1.60 bits per heavy atom. The van der Waals surface area contributed by atoms with E-state index in [1.807, 2.05) is 36.4 Å². The highest BCUT2D eigenvalue weighted by atomic mass is 16.5. The molecule has 0 saturated heterocycles. The molecular weight excluding hydrogens is 376 g/mol. The number of carbonyl (C=O) groups is 1. The van der Waals surface area contributed by atoms with Crippen LogP contribution in [0.4, 0.5) is 0 Å². The molecule has 1 N–H and O–H groups in total. The maximum Gasteiger partial charge on any atom is 0.253 e. The van der Waals surface area contributed by atoms with Gasteiger partial charge in [-0.2, -0.15) is 0 Å². The van der Waals surface area contributed by atoms with Gasteiger partial charge in [0.15, 0.2) is 6.17 Å². The smallest absolute Gasteiger partial charge is 0.253 e. The molecule has 1 heterocycles. The fraction of sp³-hybridized carbons (Fsp3) is 0.208. The monoisotopic (exact) mass is 400 g/mol. The van der Waals surface area contributed by atoms with Crippen molar-refractivity contribution in [1.82, 2.24) is 20.3 Å². The number of nitrogens with one attached hydrogen (secondary N) is 1. The minimum absolute atomic E-state index is 0.199. The molecule has 1 unspecified atom stereocenters. The Labute approximate surface area is 175 Å². The summed E-state index contributed by atoms with van der Waals surface area (Å²) >= 11 is 0. The van der Waals surface area contributed by atoms with Gasteiger partial charge in [0.25, 0.3) is 5.91 Å². The highest BCUT2D eigenvalue weighted by Crippen LogP contribution is 2.23. The lowest BCUT2D eigenvalue weighted by Gasteiger charge is -2.21. The first-order chi connectivity index (χ1) is 14.6. The normalized spacial score (nSPS) is 12.1. The summed E-state index contributed by atoms with van der Waals surface area (Å²) in [4.78, 5) is 13.0. The van der Waals surface area contributed by atoms with Gasteiger partial charge in [0.05, 0.1) is 12.6 Å². The summed E-state index contributed by atoms with van der Waals surface area (Å²) < 4.78 is 6.93. The summed E-state index contributed by atoms with van der Waals surface area (Å²) in [6, 6.07) is 23.0. The van der Waals surface area contributed by atoms with Crippen LogP contribution in [0.15, 0.2) is 72.8 Å². The first kappa shape index (κ1) is 19.6. The fourth-order valence-corrected chi connectivity index (χ4v) is 3.38. The Bertz CT molecular complexity index is 1150. The second-order valence-corrected chi connectivity index (χ2v) is 7.45. The van der Waals surface area contributed by atoms with Gasteiger partial charge in [-0.1, -0.05) is 55.5 Å². The van der Waals surface area contributed by atoms with E-state index in [0.29, 0.717) is 17.2 Å². The van der Waals surface area contributed by atoms with Crippen molar-refractivity contribution in [2.24, 2.45) is 0 Å². The number of ether oxygens (including phenoxy) is 1. The first-order valence-electron chi connectivity index (χ1n) is 9.91. The lowest BCUT2D eigenvalue weighted by Crippen LogP contribution is -2.34. The molecule has 0 saturated carbocycles. The lowest BCUT2D eigenvalue weighted by atomic mass is 10.0. The number of amides is 1. The van der Waals surface area contributed by atoms with Crippen molar-refractivity contribution < 1.29 is 9.53 Å². The molecule has 1 amide bonds. The molecule has 6 nitrogen and oxygen atoms in total. The molecule has 0 fully saturated rings. The van der Waals surface area contributed by atoms with E-state index < -0.39 is 6.17 Å². The number of rotatable bonds is 6. The predicted molar refractivity (Wildman–Crippen MR) is 117 cm³/mol. The number of methoxy groups -OCH3 is 1. The summed E-state index contributed by atoms with van der Waals surface area (Å²) in [6.45, 7) is 4.31. The predicted octanol–water partition coefficient (Wildman–Crippen LogP) is 4.54. The number of benzene rings is 3. The van der Waals surface area contributed by atoms with E-state index >= 15 is 0 Å². The number of aromatic nitrogens is 3. The molecular formula is C24H24N4O2. The highest BCUT2D eigenvalue weighted by Gasteiger charge is 2.21. The van der Waals surface area contributed by atoms with Crippen LogP contribution in [0.5, 0.6) is 5.75 Å². The first-order valence-corrected chi connectivity index (χ1v) is 9.91. The van der Waals surface area contributed by atoms with Crippen LogP contribution in [0.2, 0.25) is 0 Å². The Kier molecular flexibility index (Phi) is 5.48. The minimum atomic E-state index is -0.492. The molecule has 0 aliphatic rings. The van der Waals surface area contributed by atoms with Gasteiger partial charge in [-0.25, -0.2) is 4.68 Å². The van der Waals surface area contributed by atoms with E-state index in [0.717, 1.165) is 16.6 Å². The molecule has 0 bridgehead atoms. The molecule has 30 heavy (non-hydrogen) atoms. The average molecular weight is 400 g/mol. The van der Waals surface area contributed by atoms with Gasteiger partial charge in [0.1, 0.15) is 11.3 Å². The summed E-state index contributed by atoms with van der Waals surface area (Å²) in [5.41, 5.74) is 4.34.